The molecule has 164 valence electrons. The molecule has 0 spiro atoms. The number of amides is 2. The van der Waals surface area contributed by atoms with Gasteiger partial charge in [-0.3, -0.25) is 14.5 Å². The number of hydrogen-bond acceptors (Lipinski definition) is 5. The van der Waals surface area contributed by atoms with E-state index < -0.39 is 6.10 Å². The summed E-state index contributed by atoms with van der Waals surface area (Å²) in [6.45, 7) is 1.28. The molecule has 1 atom stereocenters. The van der Waals surface area contributed by atoms with Gasteiger partial charge in [0.05, 0.1) is 0 Å². The number of fused-ring (bicyclic) bond motifs is 1. The second kappa shape index (κ2) is 9.92. The van der Waals surface area contributed by atoms with Gasteiger partial charge in [0.15, 0.2) is 11.6 Å². The molecule has 0 radical (unpaired) electrons. The molecule has 0 saturated heterocycles. The van der Waals surface area contributed by atoms with E-state index in [0.29, 0.717) is 24.2 Å². The third-order valence-electron chi connectivity index (χ3n) is 6.13. The van der Waals surface area contributed by atoms with Crippen LogP contribution in [0.2, 0.25) is 0 Å². The number of carbonyl (C=O) groups excluding carboxylic acids is 2. The Kier molecular flexibility index (Phi) is 6.82. The highest BCUT2D eigenvalue weighted by Crippen LogP contribution is 2.36. The number of nitrogens with one attached hydrogen (secondary N) is 1. The van der Waals surface area contributed by atoms with Gasteiger partial charge in [-0.2, -0.15) is 0 Å². The summed E-state index contributed by atoms with van der Waals surface area (Å²) in [7, 11) is 2.12. The van der Waals surface area contributed by atoms with Crippen molar-refractivity contribution >= 4 is 17.6 Å². The summed E-state index contributed by atoms with van der Waals surface area (Å²) in [5.41, 5.74) is 0.751. The lowest BCUT2D eigenvalue weighted by Gasteiger charge is -2.33. The fraction of sp³-hybridized carbons (Fsp3) is 0.458. The Hall–Kier alpha value is -2.93. The monoisotopic (exact) mass is 422 g/mol. The van der Waals surface area contributed by atoms with Gasteiger partial charge in [0.1, 0.15) is 6.54 Å². The Balaban J connectivity index is 1.39. The largest absolute Gasteiger partial charge is 0.472 e. The number of pyridine rings is 1. The van der Waals surface area contributed by atoms with Gasteiger partial charge in [-0.1, -0.05) is 49.6 Å². The fourth-order valence-electron chi connectivity index (χ4n) is 4.37. The summed E-state index contributed by atoms with van der Waals surface area (Å²) in [6, 6.07) is 13.5. The van der Waals surface area contributed by atoms with Crippen LogP contribution in [0.4, 0.5) is 5.82 Å². The van der Waals surface area contributed by atoms with E-state index >= 15 is 0 Å². The summed E-state index contributed by atoms with van der Waals surface area (Å²) in [6.07, 6.45) is 7.18. The molecule has 31 heavy (non-hydrogen) atoms. The second-order valence-corrected chi connectivity index (χ2v) is 8.28. The zero-order valence-electron chi connectivity index (χ0n) is 18.0. The molecule has 1 aliphatic heterocycles. The van der Waals surface area contributed by atoms with Gasteiger partial charge in [-0.05, 0) is 32.0 Å². The molecule has 2 heterocycles. The van der Waals surface area contributed by atoms with E-state index in [-0.39, 0.29) is 18.4 Å². The third kappa shape index (κ3) is 5.05. The molecule has 1 aliphatic carbocycles. The molecular formula is C24H30N4O3. The molecular weight excluding hydrogens is 392 g/mol. The minimum absolute atomic E-state index is 0.0807. The standard InChI is InChI=1S/C24H30N4O3/c1-27(19-11-6-3-7-12-19)16-15-25-21(29)17-28-23-20(13-8-14-26-23)31-22(24(28)30)18-9-4-2-5-10-18/h2,4-5,8-10,13-14,19,22H,3,6-7,11-12,15-17H2,1H3,(H,25,29). The van der Waals surface area contributed by atoms with Crippen molar-refractivity contribution in [3.05, 3.63) is 54.2 Å². The molecule has 0 bridgehead atoms. The summed E-state index contributed by atoms with van der Waals surface area (Å²) in [5, 5.41) is 2.96. The maximum Gasteiger partial charge on any atom is 0.274 e. The number of hydrogen-bond donors (Lipinski definition) is 1. The van der Waals surface area contributed by atoms with Gasteiger partial charge in [-0.15, -0.1) is 0 Å². The first-order valence-electron chi connectivity index (χ1n) is 11.1. The van der Waals surface area contributed by atoms with E-state index in [0.717, 1.165) is 12.1 Å². The van der Waals surface area contributed by atoms with E-state index in [1.54, 1.807) is 18.3 Å². The number of carbonyl (C=O) groups is 2. The van der Waals surface area contributed by atoms with Crippen molar-refractivity contribution in [3.8, 4) is 5.75 Å². The highest BCUT2D eigenvalue weighted by atomic mass is 16.5. The number of ether oxygens (including phenoxy) is 1. The average Bonchev–Trinajstić information content (AvgIpc) is 2.82. The lowest BCUT2D eigenvalue weighted by molar-refractivity contribution is -0.129. The molecule has 2 amide bonds. The maximum absolute atomic E-state index is 13.2. The predicted octanol–water partition coefficient (Wildman–Crippen LogP) is 2.93. The molecule has 1 aromatic carbocycles. The number of benzene rings is 1. The van der Waals surface area contributed by atoms with Crippen molar-refractivity contribution in [2.24, 2.45) is 0 Å². The first kappa shape index (κ1) is 21.3. The Morgan fingerprint density at radius 2 is 1.94 bits per heavy atom. The molecule has 1 N–H and O–H groups in total. The molecule has 7 nitrogen and oxygen atoms in total. The molecule has 2 aromatic rings. The maximum atomic E-state index is 13.2. The third-order valence-corrected chi connectivity index (χ3v) is 6.13. The minimum Gasteiger partial charge on any atom is -0.472 e. The first-order valence-corrected chi connectivity index (χ1v) is 11.1. The van der Waals surface area contributed by atoms with E-state index in [2.05, 4.69) is 22.2 Å². The van der Waals surface area contributed by atoms with Crippen molar-refractivity contribution in [1.82, 2.24) is 15.2 Å². The van der Waals surface area contributed by atoms with E-state index in [1.165, 1.54) is 37.0 Å². The molecule has 1 saturated carbocycles. The van der Waals surface area contributed by atoms with Crippen LogP contribution in [-0.4, -0.2) is 54.4 Å². The number of anilines is 1. The van der Waals surface area contributed by atoms with E-state index in [9.17, 15) is 9.59 Å². The van der Waals surface area contributed by atoms with Crippen LogP contribution < -0.4 is 15.0 Å². The lowest BCUT2D eigenvalue weighted by atomic mass is 9.94. The van der Waals surface area contributed by atoms with Crippen molar-refractivity contribution in [2.75, 3.05) is 31.6 Å². The Bertz CT molecular complexity index is 899. The molecule has 7 heteroatoms. The highest BCUT2D eigenvalue weighted by Gasteiger charge is 2.37. The highest BCUT2D eigenvalue weighted by molar-refractivity contribution is 6.03. The number of aromatic nitrogens is 1. The van der Waals surface area contributed by atoms with Crippen LogP contribution in [0.15, 0.2) is 48.7 Å². The van der Waals surface area contributed by atoms with Crippen LogP contribution in [0, 0.1) is 0 Å². The molecule has 1 fully saturated rings. The SMILES string of the molecule is CN(CCNC(=O)CN1C(=O)C(c2ccccc2)Oc2cccnc21)C1CCCCC1. The van der Waals surface area contributed by atoms with Gasteiger partial charge in [0.2, 0.25) is 12.0 Å². The van der Waals surface area contributed by atoms with Gasteiger partial charge in [0, 0.05) is 30.9 Å². The van der Waals surface area contributed by atoms with E-state index in [4.69, 9.17) is 4.74 Å². The Morgan fingerprint density at radius 1 is 1.16 bits per heavy atom. The predicted molar refractivity (Wildman–Crippen MR) is 119 cm³/mol. The van der Waals surface area contributed by atoms with Crippen molar-refractivity contribution in [2.45, 2.75) is 44.2 Å². The minimum atomic E-state index is -0.789. The molecule has 2 aliphatic rings. The lowest BCUT2D eigenvalue weighted by Crippen LogP contribution is -2.48. The van der Waals surface area contributed by atoms with Crippen molar-refractivity contribution in [3.63, 3.8) is 0 Å². The molecule has 1 unspecified atom stereocenters. The Labute approximate surface area is 183 Å². The summed E-state index contributed by atoms with van der Waals surface area (Å²) in [4.78, 5) is 33.9. The topological polar surface area (TPSA) is 74.8 Å². The van der Waals surface area contributed by atoms with Crippen LogP contribution >= 0.6 is 0 Å². The van der Waals surface area contributed by atoms with Gasteiger partial charge < -0.3 is 15.0 Å². The normalized spacial score (nSPS) is 19.1. The summed E-state index contributed by atoms with van der Waals surface area (Å²) < 4.78 is 5.93. The summed E-state index contributed by atoms with van der Waals surface area (Å²) in [5.74, 6) is 0.400. The molecule has 4 rings (SSSR count). The zero-order chi connectivity index (χ0) is 21.6. The van der Waals surface area contributed by atoms with Crippen molar-refractivity contribution < 1.29 is 14.3 Å². The van der Waals surface area contributed by atoms with Crippen molar-refractivity contribution in [1.29, 1.82) is 0 Å². The Morgan fingerprint density at radius 3 is 2.71 bits per heavy atom. The summed E-state index contributed by atoms with van der Waals surface area (Å²) >= 11 is 0. The fourth-order valence-corrected chi connectivity index (χ4v) is 4.37. The van der Waals surface area contributed by atoms with Crippen LogP contribution in [0.1, 0.15) is 43.8 Å². The quantitative estimate of drug-likeness (QED) is 0.743. The first-order chi connectivity index (χ1) is 15.1. The number of rotatable bonds is 7. The van der Waals surface area contributed by atoms with Gasteiger partial charge >= 0.3 is 0 Å². The number of likely N-dealkylation sites (N-methyl/N-ethyl adjacent to an activating group) is 1. The van der Waals surface area contributed by atoms with Crippen LogP contribution in [0.25, 0.3) is 0 Å². The van der Waals surface area contributed by atoms with Crippen LogP contribution in [0.5, 0.6) is 5.75 Å². The van der Waals surface area contributed by atoms with Crippen LogP contribution in [-0.2, 0) is 9.59 Å². The van der Waals surface area contributed by atoms with E-state index in [1.807, 2.05) is 30.3 Å². The van der Waals surface area contributed by atoms with Gasteiger partial charge in [-0.25, -0.2) is 4.98 Å². The zero-order valence-corrected chi connectivity index (χ0v) is 18.0. The van der Waals surface area contributed by atoms with Crippen LogP contribution in [0.3, 0.4) is 0 Å². The molecule has 1 aromatic heterocycles. The number of nitrogens with zero attached hydrogens (tertiary/aromatic N) is 3. The average molecular weight is 423 g/mol. The second-order valence-electron chi connectivity index (χ2n) is 8.28. The van der Waals surface area contributed by atoms with Gasteiger partial charge in [0.25, 0.3) is 5.91 Å². The smallest absolute Gasteiger partial charge is 0.274 e.